The second kappa shape index (κ2) is 26.7. The SMILES string of the molecule is CCCCCCCCCCCCCCCCCC(=O)NC(CCC(N)=O)C(=O)O.[H-].[H-].[Na+].[Na+]. The maximum Gasteiger partial charge on any atom is 1.00 e. The fraction of sp³-hybridized carbons (Fsp3) is 0.870. The number of nitrogens with two attached hydrogens (primary N) is 1. The van der Waals surface area contributed by atoms with E-state index in [4.69, 9.17) is 10.8 Å². The molecular formula is C23H46N2Na2O4. The molecule has 1 unspecified atom stereocenters. The zero-order chi connectivity index (χ0) is 21.7. The standard InChI is InChI=1S/C23H44N2O4.2Na.2H/c1-2-3-4-5-6-7-8-9-10-11-12-13-14-15-16-17-22(27)25-20(23(28)29)18-19-21(24)26;;;;/h20H,2-19H2,1H3,(H2,24,26)(H,25,27)(H,28,29);;;;/q;2*+1;2*-1. The molecule has 4 N–H and O–H groups in total. The number of amides is 2. The smallest absolute Gasteiger partial charge is 1.00 e. The molecule has 174 valence electrons. The first kappa shape index (κ1) is 36.0. The fourth-order valence-corrected chi connectivity index (χ4v) is 3.47. The van der Waals surface area contributed by atoms with Gasteiger partial charge in [-0.25, -0.2) is 4.79 Å². The van der Waals surface area contributed by atoms with E-state index in [1.807, 2.05) is 0 Å². The van der Waals surface area contributed by atoms with E-state index in [1.54, 1.807) is 0 Å². The third-order valence-electron chi connectivity index (χ3n) is 5.32. The van der Waals surface area contributed by atoms with Crippen molar-refractivity contribution in [3.8, 4) is 0 Å². The summed E-state index contributed by atoms with van der Waals surface area (Å²) >= 11 is 0. The number of nitrogens with one attached hydrogen (secondary N) is 1. The van der Waals surface area contributed by atoms with Crippen molar-refractivity contribution in [2.45, 2.75) is 129 Å². The molecule has 0 aliphatic carbocycles. The van der Waals surface area contributed by atoms with Crippen LogP contribution in [0.4, 0.5) is 0 Å². The molecular weight excluding hydrogens is 414 g/mol. The molecule has 0 aliphatic rings. The van der Waals surface area contributed by atoms with Crippen LogP contribution in [-0.4, -0.2) is 28.9 Å². The molecule has 0 aromatic heterocycles. The molecule has 0 aliphatic heterocycles. The van der Waals surface area contributed by atoms with Gasteiger partial charge in [0.15, 0.2) is 0 Å². The van der Waals surface area contributed by atoms with Crippen molar-refractivity contribution < 1.29 is 81.5 Å². The Kier molecular flexibility index (Phi) is 31.0. The van der Waals surface area contributed by atoms with Gasteiger partial charge in [0.2, 0.25) is 11.8 Å². The number of carboxylic acid groups (broad SMARTS) is 1. The van der Waals surface area contributed by atoms with E-state index in [-0.39, 0.29) is 80.7 Å². The monoisotopic (exact) mass is 460 g/mol. The van der Waals surface area contributed by atoms with Crippen LogP contribution in [0, 0.1) is 0 Å². The summed E-state index contributed by atoms with van der Waals surface area (Å²) in [5.41, 5.74) is 5.03. The molecule has 0 aromatic rings. The molecule has 6 nitrogen and oxygen atoms in total. The number of unbranched alkanes of at least 4 members (excludes halogenated alkanes) is 14. The maximum atomic E-state index is 11.8. The number of carboxylic acids is 1. The Morgan fingerprint density at radius 2 is 1.13 bits per heavy atom. The summed E-state index contributed by atoms with van der Waals surface area (Å²) in [5.74, 6) is -1.96. The summed E-state index contributed by atoms with van der Waals surface area (Å²) < 4.78 is 0. The van der Waals surface area contributed by atoms with Crippen molar-refractivity contribution in [1.29, 1.82) is 0 Å². The Morgan fingerprint density at radius 3 is 1.48 bits per heavy atom. The second-order valence-electron chi connectivity index (χ2n) is 8.16. The largest absolute Gasteiger partial charge is 1.00 e. The van der Waals surface area contributed by atoms with Gasteiger partial charge in [0.1, 0.15) is 6.04 Å². The molecule has 0 rings (SSSR count). The third-order valence-corrected chi connectivity index (χ3v) is 5.32. The molecule has 0 heterocycles. The van der Waals surface area contributed by atoms with Gasteiger partial charge in [-0.3, -0.25) is 9.59 Å². The number of hydrogen-bond acceptors (Lipinski definition) is 3. The van der Waals surface area contributed by atoms with Gasteiger partial charge in [-0.05, 0) is 12.8 Å². The Morgan fingerprint density at radius 1 is 0.742 bits per heavy atom. The molecule has 0 aromatic carbocycles. The van der Waals surface area contributed by atoms with E-state index in [0.717, 1.165) is 19.3 Å². The zero-order valence-corrected chi connectivity index (χ0v) is 24.6. The Balaban J connectivity index is -0.000000653. The van der Waals surface area contributed by atoms with Crippen molar-refractivity contribution >= 4 is 17.8 Å². The molecule has 0 saturated heterocycles. The molecule has 31 heavy (non-hydrogen) atoms. The number of carbonyl (C=O) groups excluding carboxylic acids is 2. The van der Waals surface area contributed by atoms with Crippen LogP contribution >= 0.6 is 0 Å². The summed E-state index contributed by atoms with van der Waals surface area (Å²) in [6.45, 7) is 2.25. The van der Waals surface area contributed by atoms with Gasteiger partial charge in [-0.1, -0.05) is 96.8 Å². The van der Waals surface area contributed by atoms with E-state index < -0.39 is 17.9 Å². The van der Waals surface area contributed by atoms with Crippen molar-refractivity contribution in [2.75, 3.05) is 0 Å². The van der Waals surface area contributed by atoms with Crippen molar-refractivity contribution in [1.82, 2.24) is 5.32 Å². The van der Waals surface area contributed by atoms with Crippen LogP contribution in [0.15, 0.2) is 0 Å². The third kappa shape index (κ3) is 26.5. The van der Waals surface area contributed by atoms with Crippen molar-refractivity contribution in [3.63, 3.8) is 0 Å². The zero-order valence-electron chi connectivity index (χ0n) is 22.6. The predicted molar refractivity (Wildman–Crippen MR) is 120 cm³/mol. The van der Waals surface area contributed by atoms with E-state index in [0.29, 0.717) is 6.42 Å². The topological polar surface area (TPSA) is 109 Å². The average molecular weight is 461 g/mol. The van der Waals surface area contributed by atoms with Gasteiger partial charge in [0, 0.05) is 12.8 Å². The van der Waals surface area contributed by atoms with Crippen LogP contribution in [0.1, 0.15) is 125 Å². The van der Waals surface area contributed by atoms with Gasteiger partial charge in [-0.2, -0.15) is 0 Å². The minimum absolute atomic E-state index is 0. The van der Waals surface area contributed by atoms with Gasteiger partial charge in [0.05, 0.1) is 0 Å². The Labute approximate surface area is 237 Å². The van der Waals surface area contributed by atoms with Crippen LogP contribution < -0.4 is 70.2 Å². The first-order chi connectivity index (χ1) is 14.0. The number of carbonyl (C=O) groups is 3. The van der Waals surface area contributed by atoms with Gasteiger partial charge >= 0.3 is 65.1 Å². The maximum absolute atomic E-state index is 11.8. The van der Waals surface area contributed by atoms with Crippen LogP contribution in [0.25, 0.3) is 0 Å². The molecule has 8 heteroatoms. The normalized spacial score (nSPS) is 11.1. The minimum Gasteiger partial charge on any atom is -1.00 e. The van der Waals surface area contributed by atoms with E-state index in [9.17, 15) is 14.4 Å². The minimum atomic E-state index is -1.13. The number of aliphatic carboxylic acids is 1. The van der Waals surface area contributed by atoms with Gasteiger partial charge < -0.3 is 19.0 Å². The Bertz CT molecular complexity index is 462. The van der Waals surface area contributed by atoms with Gasteiger partial charge in [-0.15, -0.1) is 0 Å². The summed E-state index contributed by atoms with van der Waals surface area (Å²) in [6, 6.07) is -1.04. The molecule has 0 radical (unpaired) electrons. The first-order valence-electron chi connectivity index (χ1n) is 11.8. The number of rotatable bonds is 21. The van der Waals surface area contributed by atoms with E-state index in [2.05, 4.69) is 12.2 Å². The summed E-state index contributed by atoms with van der Waals surface area (Å²) in [6.07, 6.45) is 19.3. The average Bonchev–Trinajstić information content (AvgIpc) is 2.67. The first-order valence-corrected chi connectivity index (χ1v) is 11.8. The molecule has 0 fully saturated rings. The van der Waals surface area contributed by atoms with E-state index >= 15 is 0 Å². The summed E-state index contributed by atoms with van der Waals surface area (Å²) in [4.78, 5) is 33.7. The fourth-order valence-electron chi connectivity index (χ4n) is 3.47. The van der Waals surface area contributed by atoms with Crippen LogP contribution in [0.3, 0.4) is 0 Å². The van der Waals surface area contributed by atoms with Crippen LogP contribution in [0.5, 0.6) is 0 Å². The number of hydrogen-bond donors (Lipinski definition) is 3. The van der Waals surface area contributed by atoms with Crippen LogP contribution in [0.2, 0.25) is 0 Å². The van der Waals surface area contributed by atoms with Crippen molar-refractivity contribution in [2.24, 2.45) is 5.73 Å². The molecule has 2 amide bonds. The summed E-state index contributed by atoms with van der Waals surface area (Å²) in [5, 5.41) is 11.5. The quantitative estimate of drug-likeness (QED) is 0.156. The molecule has 0 bridgehead atoms. The number of primary amides is 1. The van der Waals surface area contributed by atoms with Crippen molar-refractivity contribution in [3.05, 3.63) is 0 Å². The Hall–Kier alpha value is 0.410. The van der Waals surface area contributed by atoms with Gasteiger partial charge in [0.25, 0.3) is 0 Å². The predicted octanol–water partition coefficient (Wildman–Crippen LogP) is -0.684. The molecule has 1 atom stereocenters. The van der Waals surface area contributed by atoms with E-state index in [1.165, 1.54) is 77.0 Å². The summed E-state index contributed by atoms with van der Waals surface area (Å²) in [7, 11) is 0. The molecule has 0 saturated carbocycles. The van der Waals surface area contributed by atoms with Crippen LogP contribution in [-0.2, 0) is 14.4 Å². The second-order valence-corrected chi connectivity index (χ2v) is 8.16. The molecule has 0 spiro atoms.